The van der Waals surface area contributed by atoms with Crippen LogP contribution in [0.1, 0.15) is 17.3 Å². The standard InChI is InChI=1S/C15H14F2N2O2/c1-2-19-15(20)11-5-4-10(18)8-14(11)21-13-6-3-9(16)7-12(13)17/h3-8H,2,18H2,1H3,(H,19,20). The molecule has 0 bridgehead atoms. The highest BCUT2D eigenvalue weighted by atomic mass is 19.1. The van der Waals surface area contributed by atoms with Gasteiger partial charge in [-0.3, -0.25) is 4.79 Å². The van der Waals surface area contributed by atoms with Gasteiger partial charge in [-0.1, -0.05) is 0 Å². The van der Waals surface area contributed by atoms with Crippen LogP contribution in [-0.4, -0.2) is 12.5 Å². The Morgan fingerprint density at radius 2 is 1.95 bits per heavy atom. The first-order valence-electron chi connectivity index (χ1n) is 6.32. The number of nitrogens with one attached hydrogen (secondary N) is 1. The third kappa shape index (κ3) is 3.47. The fourth-order valence-electron chi connectivity index (χ4n) is 1.74. The zero-order chi connectivity index (χ0) is 15.4. The van der Waals surface area contributed by atoms with Gasteiger partial charge in [0.2, 0.25) is 0 Å². The first-order chi connectivity index (χ1) is 10.0. The molecule has 0 fully saturated rings. The lowest BCUT2D eigenvalue weighted by Crippen LogP contribution is -2.23. The summed E-state index contributed by atoms with van der Waals surface area (Å²) < 4.78 is 31.9. The number of anilines is 1. The van der Waals surface area contributed by atoms with Gasteiger partial charge in [-0.05, 0) is 31.2 Å². The van der Waals surface area contributed by atoms with Crippen molar-refractivity contribution in [2.45, 2.75) is 6.92 Å². The maximum absolute atomic E-state index is 13.6. The molecule has 0 saturated heterocycles. The summed E-state index contributed by atoms with van der Waals surface area (Å²) in [6.07, 6.45) is 0. The number of nitrogen functional groups attached to an aromatic ring is 1. The van der Waals surface area contributed by atoms with E-state index in [2.05, 4.69) is 5.32 Å². The summed E-state index contributed by atoms with van der Waals surface area (Å²) in [5.41, 5.74) is 6.23. The Hall–Kier alpha value is -2.63. The van der Waals surface area contributed by atoms with Gasteiger partial charge in [0.1, 0.15) is 11.6 Å². The first-order valence-corrected chi connectivity index (χ1v) is 6.32. The minimum atomic E-state index is -0.862. The fourth-order valence-corrected chi connectivity index (χ4v) is 1.74. The molecule has 110 valence electrons. The van der Waals surface area contributed by atoms with Crippen LogP contribution in [0.15, 0.2) is 36.4 Å². The van der Waals surface area contributed by atoms with Gasteiger partial charge < -0.3 is 15.8 Å². The van der Waals surface area contributed by atoms with Gasteiger partial charge in [0.05, 0.1) is 5.56 Å². The van der Waals surface area contributed by atoms with Crippen molar-refractivity contribution in [2.24, 2.45) is 0 Å². The minimum Gasteiger partial charge on any atom is -0.453 e. The number of amides is 1. The number of ether oxygens (including phenoxy) is 1. The average Bonchev–Trinajstić information content (AvgIpc) is 2.42. The van der Waals surface area contributed by atoms with E-state index in [1.165, 1.54) is 12.1 Å². The molecular weight excluding hydrogens is 278 g/mol. The third-order valence-corrected chi connectivity index (χ3v) is 2.70. The van der Waals surface area contributed by atoms with E-state index >= 15 is 0 Å². The molecule has 0 heterocycles. The molecule has 0 aliphatic rings. The molecule has 0 spiro atoms. The monoisotopic (exact) mass is 292 g/mol. The van der Waals surface area contributed by atoms with Crippen molar-refractivity contribution in [3.63, 3.8) is 0 Å². The quantitative estimate of drug-likeness (QED) is 0.851. The van der Waals surface area contributed by atoms with Crippen LogP contribution in [0.4, 0.5) is 14.5 Å². The second-order valence-electron chi connectivity index (χ2n) is 4.29. The highest BCUT2D eigenvalue weighted by Crippen LogP contribution is 2.29. The van der Waals surface area contributed by atoms with Crippen molar-refractivity contribution < 1.29 is 18.3 Å². The van der Waals surface area contributed by atoms with Crippen molar-refractivity contribution in [3.05, 3.63) is 53.6 Å². The number of carbonyl (C=O) groups is 1. The van der Waals surface area contributed by atoms with E-state index in [0.29, 0.717) is 18.3 Å². The molecule has 21 heavy (non-hydrogen) atoms. The van der Waals surface area contributed by atoms with Crippen LogP contribution < -0.4 is 15.8 Å². The van der Waals surface area contributed by atoms with Crippen LogP contribution >= 0.6 is 0 Å². The van der Waals surface area contributed by atoms with Crippen LogP contribution in [0.2, 0.25) is 0 Å². The fraction of sp³-hybridized carbons (Fsp3) is 0.133. The van der Waals surface area contributed by atoms with E-state index in [1.54, 1.807) is 13.0 Å². The van der Waals surface area contributed by atoms with Crippen LogP contribution in [0.25, 0.3) is 0 Å². The van der Waals surface area contributed by atoms with Gasteiger partial charge in [0.15, 0.2) is 11.6 Å². The molecule has 0 aliphatic heterocycles. The second kappa shape index (κ2) is 6.21. The maximum Gasteiger partial charge on any atom is 0.255 e. The number of hydrogen-bond acceptors (Lipinski definition) is 3. The zero-order valence-electron chi connectivity index (χ0n) is 11.3. The van der Waals surface area contributed by atoms with Gasteiger partial charge in [0, 0.05) is 24.4 Å². The van der Waals surface area contributed by atoms with Crippen LogP contribution in [0.3, 0.4) is 0 Å². The highest BCUT2D eigenvalue weighted by molar-refractivity contribution is 5.97. The third-order valence-electron chi connectivity index (χ3n) is 2.70. The van der Waals surface area contributed by atoms with E-state index in [9.17, 15) is 13.6 Å². The summed E-state index contributed by atoms with van der Waals surface area (Å²) >= 11 is 0. The van der Waals surface area contributed by atoms with Crippen molar-refractivity contribution in [2.75, 3.05) is 12.3 Å². The summed E-state index contributed by atoms with van der Waals surface area (Å²) in [4.78, 5) is 11.9. The molecule has 2 aromatic rings. The van der Waals surface area contributed by atoms with Crippen LogP contribution in [0, 0.1) is 11.6 Å². The Morgan fingerprint density at radius 1 is 1.19 bits per heavy atom. The van der Waals surface area contributed by atoms with E-state index in [-0.39, 0.29) is 23.0 Å². The molecule has 0 radical (unpaired) electrons. The summed E-state index contributed by atoms with van der Waals surface area (Å²) in [6, 6.07) is 7.35. The Morgan fingerprint density at radius 3 is 2.62 bits per heavy atom. The van der Waals surface area contributed by atoms with Crippen molar-refractivity contribution in [1.29, 1.82) is 0 Å². The van der Waals surface area contributed by atoms with Crippen LogP contribution in [0.5, 0.6) is 11.5 Å². The molecule has 3 N–H and O–H groups in total. The number of benzene rings is 2. The largest absolute Gasteiger partial charge is 0.453 e. The Labute approximate surface area is 120 Å². The number of rotatable bonds is 4. The smallest absolute Gasteiger partial charge is 0.255 e. The Balaban J connectivity index is 2.38. The zero-order valence-corrected chi connectivity index (χ0v) is 11.3. The number of carbonyl (C=O) groups excluding carboxylic acids is 1. The molecular formula is C15H14F2N2O2. The lowest BCUT2D eigenvalue weighted by Gasteiger charge is -2.12. The molecule has 4 nitrogen and oxygen atoms in total. The molecule has 6 heteroatoms. The maximum atomic E-state index is 13.6. The predicted octanol–water partition coefficient (Wildman–Crippen LogP) is 3.09. The van der Waals surface area contributed by atoms with Crippen LogP contribution in [-0.2, 0) is 0 Å². The molecule has 2 aromatic carbocycles. The van der Waals surface area contributed by atoms with Crippen molar-refractivity contribution in [3.8, 4) is 11.5 Å². The molecule has 0 aromatic heterocycles. The van der Waals surface area contributed by atoms with Gasteiger partial charge in [-0.15, -0.1) is 0 Å². The van der Waals surface area contributed by atoms with E-state index in [1.807, 2.05) is 0 Å². The molecule has 0 atom stereocenters. The molecule has 0 unspecified atom stereocenters. The topological polar surface area (TPSA) is 64.4 Å². The van der Waals surface area contributed by atoms with Gasteiger partial charge >= 0.3 is 0 Å². The van der Waals surface area contributed by atoms with Gasteiger partial charge in [-0.2, -0.15) is 0 Å². The van der Waals surface area contributed by atoms with Gasteiger partial charge in [0.25, 0.3) is 5.91 Å². The Kier molecular flexibility index (Phi) is 4.37. The molecule has 0 aliphatic carbocycles. The lowest BCUT2D eigenvalue weighted by molar-refractivity contribution is 0.0953. The van der Waals surface area contributed by atoms with Crippen molar-refractivity contribution >= 4 is 11.6 Å². The second-order valence-corrected chi connectivity index (χ2v) is 4.29. The van der Waals surface area contributed by atoms with E-state index in [4.69, 9.17) is 10.5 Å². The normalized spacial score (nSPS) is 10.2. The molecule has 0 saturated carbocycles. The van der Waals surface area contributed by atoms with E-state index < -0.39 is 11.6 Å². The minimum absolute atomic E-state index is 0.103. The van der Waals surface area contributed by atoms with Crippen molar-refractivity contribution in [1.82, 2.24) is 5.32 Å². The lowest BCUT2D eigenvalue weighted by atomic mass is 10.1. The highest BCUT2D eigenvalue weighted by Gasteiger charge is 2.15. The molecule has 2 rings (SSSR count). The summed E-state index contributed by atoms with van der Waals surface area (Å²) in [5, 5.41) is 2.62. The summed E-state index contributed by atoms with van der Waals surface area (Å²) in [7, 11) is 0. The summed E-state index contributed by atoms with van der Waals surface area (Å²) in [5.74, 6) is -2.02. The summed E-state index contributed by atoms with van der Waals surface area (Å²) in [6.45, 7) is 2.21. The van der Waals surface area contributed by atoms with Gasteiger partial charge in [-0.25, -0.2) is 8.78 Å². The Bertz CT molecular complexity index is 675. The molecule has 1 amide bonds. The average molecular weight is 292 g/mol. The number of hydrogen-bond donors (Lipinski definition) is 2. The number of halogens is 2. The predicted molar refractivity (Wildman–Crippen MR) is 75.3 cm³/mol. The first kappa shape index (κ1) is 14.8. The van der Waals surface area contributed by atoms with E-state index in [0.717, 1.165) is 12.1 Å². The number of nitrogens with two attached hydrogens (primary N) is 1. The SMILES string of the molecule is CCNC(=O)c1ccc(N)cc1Oc1ccc(F)cc1F.